The molecule has 0 unspecified atom stereocenters. The molecule has 3 nitrogen and oxygen atoms in total. The molecule has 1 amide bonds. The summed E-state index contributed by atoms with van der Waals surface area (Å²) in [5, 5.41) is 2.33. The molecule has 2 atom stereocenters. The van der Waals surface area contributed by atoms with Crippen LogP contribution in [0.5, 0.6) is 5.75 Å². The van der Waals surface area contributed by atoms with Gasteiger partial charge in [0.1, 0.15) is 5.75 Å². The van der Waals surface area contributed by atoms with Crippen molar-refractivity contribution in [2.75, 3.05) is 14.2 Å². The Morgan fingerprint density at radius 3 is 2.57 bits per heavy atom. The molecule has 0 saturated heterocycles. The van der Waals surface area contributed by atoms with E-state index < -0.39 is 0 Å². The number of nitrogens with zero attached hydrogens (tertiary/aromatic N) is 1. The van der Waals surface area contributed by atoms with Crippen LogP contribution in [-0.4, -0.2) is 25.0 Å². The van der Waals surface area contributed by atoms with E-state index in [9.17, 15) is 4.79 Å². The van der Waals surface area contributed by atoms with Crippen LogP contribution in [0, 0.1) is 11.8 Å². The van der Waals surface area contributed by atoms with Crippen molar-refractivity contribution in [3.8, 4) is 5.75 Å². The van der Waals surface area contributed by atoms with Crippen molar-refractivity contribution < 1.29 is 9.53 Å². The van der Waals surface area contributed by atoms with Crippen LogP contribution in [0.15, 0.2) is 36.4 Å². The molecule has 1 fully saturated rings. The van der Waals surface area contributed by atoms with Crippen LogP contribution >= 0.6 is 0 Å². The van der Waals surface area contributed by atoms with Gasteiger partial charge >= 0.3 is 0 Å². The first-order chi connectivity index (χ1) is 10.1. The average molecular weight is 283 g/mol. The van der Waals surface area contributed by atoms with E-state index >= 15 is 0 Å². The fraction of sp³-hybridized carbons (Fsp3) is 0.389. The summed E-state index contributed by atoms with van der Waals surface area (Å²) in [6.07, 6.45) is 1.04. The Morgan fingerprint density at radius 1 is 1.24 bits per heavy atom. The molecule has 0 radical (unpaired) electrons. The van der Waals surface area contributed by atoms with Gasteiger partial charge in [0.05, 0.1) is 7.11 Å². The smallest absolute Gasteiger partial charge is 0.226 e. The van der Waals surface area contributed by atoms with E-state index in [1.165, 1.54) is 5.39 Å². The quantitative estimate of drug-likeness (QED) is 0.860. The normalized spacial score (nSPS) is 20.3. The molecule has 3 heteroatoms. The molecule has 0 spiro atoms. The minimum Gasteiger partial charge on any atom is -0.497 e. The molecule has 1 aliphatic carbocycles. The summed E-state index contributed by atoms with van der Waals surface area (Å²) in [7, 11) is 3.57. The van der Waals surface area contributed by atoms with Gasteiger partial charge in [0.2, 0.25) is 5.91 Å². The van der Waals surface area contributed by atoms with Crippen LogP contribution in [-0.2, 0) is 11.3 Å². The maximum absolute atomic E-state index is 12.2. The Labute approximate surface area is 125 Å². The van der Waals surface area contributed by atoms with Crippen molar-refractivity contribution in [3.05, 3.63) is 42.0 Å². The predicted octanol–water partition coefficient (Wildman–Crippen LogP) is 3.46. The zero-order valence-electron chi connectivity index (χ0n) is 12.8. The van der Waals surface area contributed by atoms with E-state index in [1.54, 1.807) is 7.11 Å². The second-order valence-corrected chi connectivity index (χ2v) is 6.06. The molecule has 3 rings (SSSR count). The highest BCUT2D eigenvalue weighted by Gasteiger charge is 2.40. The first-order valence-corrected chi connectivity index (χ1v) is 7.40. The Kier molecular flexibility index (Phi) is 3.58. The minimum absolute atomic E-state index is 0.250. The molecule has 0 aromatic heterocycles. The molecule has 2 aromatic rings. The Bertz CT molecular complexity index is 680. The van der Waals surface area contributed by atoms with Gasteiger partial charge < -0.3 is 9.64 Å². The summed E-state index contributed by atoms with van der Waals surface area (Å²) in [4.78, 5) is 14.0. The Morgan fingerprint density at radius 2 is 1.90 bits per heavy atom. The molecule has 0 heterocycles. The van der Waals surface area contributed by atoms with Crippen LogP contribution in [0.1, 0.15) is 18.9 Å². The van der Waals surface area contributed by atoms with Crippen molar-refractivity contribution in [2.24, 2.45) is 11.8 Å². The van der Waals surface area contributed by atoms with Crippen molar-refractivity contribution in [1.82, 2.24) is 4.90 Å². The molecule has 110 valence electrons. The fourth-order valence-corrected chi connectivity index (χ4v) is 2.80. The van der Waals surface area contributed by atoms with Gasteiger partial charge in [0.25, 0.3) is 0 Å². The first kappa shape index (κ1) is 13.9. The molecule has 0 bridgehead atoms. The lowest BCUT2D eigenvalue weighted by atomic mass is 10.1. The largest absolute Gasteiger partial charge is 0.497 e. The first-order valence-electron chi connectivity index (χ1n) is 7.40. The van der Waals surface area contributed by atoms with Gasteiger partial charge in [-0.3, -0.25) is 4.79 Å². The van der Waals surface area contributed by atoms with Gasteiger partial charge in [0.15, 0.2) is 0 Å². The number of amides is 1. The fourth-order valence-electron chi connectivity index (χ4n) is 2.80. The second kappa shape index (κ2) is 5.40. The highest BCUT2D eigenvalue weighted by Crippen LogP contribution is 2.39. The molecule has 1 saturated carbocycles. The van der Waals surface area contributed by atoms with Crippen molar-refractivity contribution in [2.45, 2.75) is 19.9 Å². The van der Waals surface area contributed by atoms with Crippen LogP contribution in [0.4, 0.5) is 0 Å². The maximum Gasteiger partial charge on any atom is 0.226 e. The summed E-state index contributed by atoms with van der Waals surface area (Å²) in [5.41, 5.74) is 1.16. The van der Waals surface area contributed by atoms with Crippen LogP contribution in [0.25, 0.3) is 10.8 Å². The SMILES string of the molecule is COc1ccc2cc(CN(C)C(=O)[C@H]3C[C@@H]3C)ccc2c1. The number of hydrogen-bond donors (Lipinski definition) is 0. The standard InChI is InChI=1S/C18H21NO2/c1-12-8-17(12)18(20)19(2)11-13-4-5-15-10-16(21-3)7-6-14(15)9-13/h4-7,9-10,12,17H,8,11H2,1-3H3/t12-,17-/m0/s1. The van der Waals surface area contributed by atoms with Gasteiger partial charge in [-0.1, -0.05) is 25.1 Å². The lowest BCUT2D eigenvalue weighted by molar-refractivity contribution is -0.132. The average Bonchev–Trinajstić information content (AvgIpc) is 3.22. The summed E-state index contributed by atoms with van der Waals surface area (Å²) in [6, 6.07) is 12.4. The number of carbonyl (C=O) groups is 1. The molecule has 21 heavy (non-hydrogen) atoms. The molecule has 0 N–H and O–H groups in total. The zero-order chi connectivity index (χ0) is 15.0. The molecule has 0 aliphatic heterocycles. The number of methoxy groups -OCH3 is 1. The number of benzene rings is 2. The molecular formula is C18H21NO2. The third-order valence-corrected chi connectivity index (χ3v) is 4.33. The third kappa shape index (κ3) is 2.87. The summed E-state index contributed by atoms with van der Waals surface area (Å²) < 4.78 is 5.24. The number of carbonyl (C=O) groups excluding carboxylic acids is 1. The predicted molar refractivity (Wildman–Crippen MR) is 84.2 cm³/mol. The van der Waals surface area contributed by atoms with Crippen LogP contribution < -0.4 is 4.74 Å². The van der Waals surface area contributed by atoms with Gasteiger partial charge in [-0.2, -0.15) is 0 Å². The maximum atomic E-state index is 12.2. The van der Waals surface area contributed by atoms with Crippen molar-refractivity contribution >= 4 is 16.7 Å². The summed E-state index contributed by atoms with van der Waals surface area (Å²) >= 11 is 0. The van der Waals surface area contributed by atoms with Gasteiger partial charge in [-0.05, 0) is 46.9 Å². The summed E-state index contributed by atoms with van der Waals surface area (Å²) in [5.74, 6) is 1.95. The van der Waals surface area contributed by atoms with Crippen molar-refractivity contribution in [3.63, 3.8) is 0 Å². The molecular weight excluding hydrogens is 262 g/mol. The van der Waals surface area contributed by atoms with Gasteiger partial charge in [-0.25, -0.2) is 0 Å². The number of rotatable bonds is 4. The van der Waals surface area contributed by atoms with Crippen molar-refractivity contribution in [1.29, 1.82) is 0 Å². The number of hydrogen-bond acceptors (Lipinski definition) is 2. The van der Waals surface area contributed by atoms with E-state index in [0.29, 0.717) is 12.5 Å². The highest BCUT2D eigenvalue weighted by molar-refractivity contribution is 5.85. The monoisotopic (exact) mass is 283 g/mol. The topological polar surface area (TPSA) is 29.5 Å². The Balaban J connectivity index is 1.76. The second-order valence-electron chi connectivity index (χ2n) is 6.06. The third-order valence-electron chi connectivity index (χ3n) is 4.33. The van der Waals surface area contributed by atoms with E-state index in [1.807, 2.05) is 24.1 Å². The van der Waals surface area contributed by atoms with Crippen LogP contribution in [0.2, 0.25) is 0 Å². The summed E-state index contributed by atoms with van der Waals surface area (Å²) in [6.45, 7) is 2.81. The molecule has 2 aromatic carbocycles. The molecule has 1 aliphatic rings. The van der Waals surface area contributed by atoms with E-state index in [0.717, 1.165) is 23.1 Å². The Hall–Kier alpha value is -2.03. The highest BCUT2D eigenvalue weighted by atomic mass is 16.5. The van der Waals surface area contributed by atoms with E-state index in [-0.39, 0.29) is 11.8 Å². The lowest BCUT2D eigenvalue weighted by Gasteiger charge is -2.17. The number of ether oxygens (including phenoxy) is 1. The lowest BCUT2D eigenvalue weighted by Crippen LogP contribution is -2.28. The number of fused-ring (bicyclic) bond motifs is 1. The van der Waals surface area contributed by atoms with Crippen LogP contribution in [0.3, 0.4) is 0 Å². The zero-order valence-corrected chi connectivity index (χ0v) is 12.8. The minimum atomic E-state index is 0.250. The van der Waals surface area contributed by atoms with Gasteiger partial charge in [-0.15, -0.1) is 0 Å². The van der Waals surface area contributed by atoms with E-state index in [2.05, 4.69) is 31.2 Å². The van der Waals surface area contributed by atoms with E-state index in [4.69, 9.17) is 4.74 Å². The van der Waals surface area contributed by atoms with Gasteiger partial charge in [0, 0.05) is 19.5 Å².